The Kier molecular flexibility index (Phi) is 5.77. The molecule has 27 heavy (non-hydrogen) atoms. The van der Waals surface area contributed by atoms with Crippen LogP contribution in [-0.2, 0) is 13.2 Å². The van der Waals surface area contributed by atoms with Crippen LogP contribution in [0.4, 0.5) is 5.69 Å². The van der Waals surface area contributed by atoms with Crippen LogP contribution in [0.1, 0.15) is 32.6 Å². The first-order valence-corrected chi connectivity index (χ1v) is 8.87. The molecule has 0 radical (unpaired) electrons. The zero-order chi connectivity index (χ0) is 19.2. The van der Waals surface area contributed by atoms with Gasteiger partial charge < -0.3 is 15.2 Å². The Hall–Kier alpha value is -3.27. The molecule has 0 atom stereocenters. The second kappa shape index (κ2) is 8.41. The van der Waals surface area contributed by atoms with Gasteiger partial charge in [-0.2, -0.15) is 0 Å². The van der Waals surface area contributed by atoms with E-state index >= 15 is 0 Å². The SMILES string of the molecule is Cc1cccc(COc2cccc(CNc3cccc(C(=O)O)c3C)c2)c1. The monoisotopic (exact) mass is 361 g/mol. The van der Waals surface area contributed by atoms with Gasteiger partial charge in [0.05, 0.1) is 5.56 Å². The lowest BCUT2D eigenvalue weighted by atomic mass is 10.1. The van der Waals surface area contributed by atoms with Gasteiger partial charge in [0.25, 0.3) is 0 Å². The molecule has 0 aliphatic heterocycles. The number of aromatic carboxylic acids is 1. The summed E-state index contributed by atoms with van der Waals surface area (Å²) in [5, 5.41) is 12.6. The molecular formula is C23H23NO3. The van der Waals surface area contributed by atoms with E-state index in [0.29, 0.717) is 18.7 Å². The van der Waals surface area contributed by atoms with Crippen LogP contribution in [0.15, 0.2) is 66.7 Å². The molecule has 0 aromatic heterocycles. The normalized spacial score (nSPS) is 10.4. The van der Waals surface area contributed by atoms with Gasteiger partial charge in [-0.05, 0) is 54.8 Å². The summed E-state index contributed by atoms with van der Waals surface area (Å²) >= 11 is 0. The molecule has 4 heteroatoms. The van der Waals surface area contributed by atoms with Gasteiger partial charge in [-0.1, -0.05) is 48.0 Å². The average molecular weight is 361 g/mol. The minimum Gasteiger partial charge on any atom is -0.489 e. The lowest BCUT2D eigenvalue weighted by Crippen LogP contribution is -2.06. The van der Waals surface area contributed by atoms with Gasteiger partial charge in [0.2, 0.25) is 0 Å². The fourth-order valence-corrected chi connectivity index (χ4v) is 2.97. The summed E-state index contributed by atoms with van der Waals surface area (Å²) in [6, 6.07) is 21.4. The Morgan fingerprint density at radius 3 is 2.48 bits per heavy atom. The molecule has 0 fully saturated rings. The van der Waals surface area contributed by atoms with Gasteiger partial charge in [-0.25, -0.2) is 4.79 Å². The van der Waals surface area contributed by atoms with E-state index in [9.17, 15) is 9.90 Å². The first-order valence-electron chi connectivity index (χ1n) is 8.87. The van der Waals surface area contributed by atoms with Crippen LogP contribution in [0.2, 0.25) is 0 Å². The van der Waals surface area contributed by atoms with Gasteiger partial charge in [0.1, 0.15) is 12.4 Å². The highest BCUT2D eigenvalue weighted by Gasteiger charge is 2.09. The van der Waals surface area contributed by atoms with E-state index in [1.54, 1.807) is 12.1 Å². The van der Waals surface area contributed by atoms with E-state index < -0.39 is 5.97 Å². The molecule has 0 bridgehead atoms. The van der Waals surface area contributed by atoms with Crippen molar-refractivity contribution >= 4 is 11.7 Å². The number of hydrogen-bond donors (Lipinski definition) is 2. The molecule has 0 saturated heterocycles. The average Bonchev–Trinajstić information content (AvgIpc) is 2.66. The molecule has 0 unspecified atom stereocenters. The number of carboxylic acid groups (broad SMARTS) is 1. The Morgan fingerprint density at radius 1 is 0.963 bits per heavy atom. The molecule has 0 heterocycles. The van der Waals surface area contributed by atoms with Gasteiger partial charge in [-0.3, -0.25) is 0 Å². The first-order chi connectivity index (χ1) is 13.0. The molecule has 3 aromatic rings. The summed E-state index contributed by atoms with van der Waals surface area (Å²) in [4.78, 5) is 11.3. The quantitative estimate of drug-likeness (QED) is 0.608. The standard InChI is InChI=1S/C23H23NO3/c1-16-6-3-8-19(12-16)15-27-20-9-4-7-18(13-20)14-24-22-11-5-10-21(17(22)2)23(25)26/h3-13,24H,14-15H2,1-2H3,(H,25,26). The second-order valence-corrected chi connectivity index (χ2v) is 6.56. The molecule has 0 aliphatic rings. The molecule has 0 spiro atoms. The number of rotatable bonds is 7. The van der Waals surface area contributed by atoms with E-state index in [2.05, 4.69) is 30.4 Å². The van der Waals surface area contributed by atoms with Crippen LogP contribution in [0.5, 0.6) is 5.75 Å². The minimum absolute atomic E-state index is 0.315. The molecule has 138 valence electrons. The summed E-state index contributed by atoms with van der Waals surface area (Å²) in [5.74, 6) is -0.102. The zero-order valence-electron chi connectivity index (χ0n) is 15.5. The highest BCUT2D eigenvalue weighted by Crippen LogP contribution is 2.21. The van der Waals surface area contributed by atoms with Crippen LogP contribution >= 0.6 is 0 Å². The molecule has 0 saturated carbocycles. The third-order valence-electron chi connectivity index (χ3n) is 4.43. The Morgan fingerprint density at radius 2 is 1.70 bits per heavy atom. The van der Waals surface area contributed by atoms with Crippen LogP contribution < -0.4 is 10.1 Å². The Balaban J connectivity index is 1.64. The number of ether oxygens (including phenoxy) is 1. The predicted octanol–water partition coefficient (Wildman–Crippen LogP) is 5.19. The summed E-state index contributed by atoms with van der Waals surface area (Å²) in [7, 11) is 0. The van der Waals surface area contributed by atoms with Gasteiger partial charge in [0.15, 0.2) is 0 Å². The van der Waals surface area contributed by atoms with Crippen molar-refractivity contribution in [3.8, 4) is 5.75 Å². The van der Waals surface area contributed by atoms with E-state index in [1.165, 1.54) is 5.56 Å². The number of nitrogens with one attached hydrogen (secondary N) is 1. The lowest BCUT2D eigenvalue weighted by Gasteiger charge is -2.13. The van der Waals surface area contributed by atoms with Crippen LogP contribution in [0, 0.1) is 13.8 Å². The third kappa shape index (κ3) is 4.88. The number of anilines is 1. The number of aryl methyl sites for hydroxylation is 1. The molecule has 4 nitrogen and oxygen atoms in total. The number of hydrogen-bond acceptors (Lipinski definition) is 3. The molecule has 2 N–H and O–H groups in total. The molecule has 0 amide bonds. The molecule has 3 aromatic carbocycles. The van der Waals surface area contributed by atoms with E-state index in [1.807, 2.05) is 43.3 Å². The van der Waals surface area contributed by atoms with E-state index in [4.69, 9.17) is 4.74 Å². The van der Waals surface area contributed by atoms with E-state index in [0.717, 1.165) is 28.1 Å². The van der Waals surface area contributed by atoms with E-state index in [-0.39, 0.29) is 0 Å². The maximum atomic E-state index is 11.3. The topological polar surface area (TPSA) is 58.6 Å². The third-order valence-corrected chi connectivity index (χ3v) is 4.43. The fourth-order valence-electron chi connectivity index (χ4n) is 2.97. The maximum absolute atomic E-state index is 11.3. The second-order valence-electron chi connectivity index (χ2n) is 6.56. The van der Waals surface area contributed by atoms with Crippen molar-refractivity contribution in [2.75, 3.05) is 5.32 Å². The summed E-state index contributed by atoms with van der Waals surface area (Å²) in [5.41, 5.74) is 5.29. The number of carboxylic acids is 1. The molecule has 0 aliphatic carbocycles. The highest BCUT2D eigenvalue weighted by atomic mass is 16.5. The highest BCUT2D eigenvalue weighted by molar-refractivity contribution is 5.91. The minimum atomic E-state index is -0.914. The number of benzene rings is 3. The molecular weight excluding hydrogens is 338 g/mol. The Bertz CT molecular complexity index is 950. The largest absolute Gasteiger partial charge is 0.489 e. The van der Waals surface area contributed by atoms with Crippen molar-refractivity contribution in [2.24, 2.45) is 0 Å². The van der Waals surface area contributed by atoms with Gasteiger partial charge >= 0.3 is 5.97 Å². The Labute approximate surface area is 159 Å². The van der Waals surface area contributed by atoms with Crippen molar-refractivity contribution in [1.82, 2.24) is 0 Å². The van der Waals surface area contributed by atoms with Crippen LogP contribution in [0.25, 0.3) is 0 Å². The van der Waals surface area contributed by atoms with Crippen molar-refractivity contribution < 1.29 is 14.6 Å². The lowest BCUT2D eigenvalue weighted by molar-refractivity contribution is 0.0696. The van der Waals surface area contributed by atoms with Crippen molar-refractivity contribution in [2.45, 2.75) is 27.0 Å². The van der Waals surface area contributed by atoms with Gasteiger partial charge in [-0.15, -0.1) is 0 Å². The van der Waals surface area contributed by atoms with Crippen molar-refractivity contribution in [3.63, 3.8) is 0 Å². The maximum Gasteiger partial charge on any atom is 0.336 e. The fraction of sp³-hybridized carbons (Fsp3) is 0.174. The van der Waals surface area contributed by atoms with Crippen LogP contribution in [-0.4, -0.2) is 11.1 Å². The number of carbonyl (C=O) groups is 1. The van der Waals surface area contributed by atoms with Crippen LogP contribution in [0.3, 0.4) is 0 Å². The van der Waals surface area contributed by atoms with Gasteiger partial charge in [0, 0.05) is 12.2 Å². The van der Waals surface area contributed by atoms with Crippen molar-refractivity contribution in [3.05, 3.63) is 94.5 Å². The molecule has 3 rings (SSSR count). The summed E-state index contributed by atoms with van der Waals surface area (Å²) in [6.07, 6.45) is 0. The smallest absolute Gasteiger partial charge is 0.336 e. The summed E-state index contributed by atoms with van der Waals surface area (Å²) in [6.45, 7) is 4.99. The first kappa shape index (κ1) is 18.5. The summed E-state index contributed by atoms with van der Waals surface area (Å²) < 4.78 is 5.91. The predicted molar refractivity (Wildman–Crippen MR) is 107 cm³/mol. The van der Waals surface area contributed by atoms with Crippen molar-refractivity contribution in [1.29, 1.82) is 0 Å². The zero-order valence-corrected chi connectivity index (χ0v) is 15.5.